The van der Waals surface area contributed by atoms with Crippen LogP contribution in [0, 0.1) is 11.3 Å². The van der Waals surface area contributed by atoms with Crippen molar-refractivity contribution in [3.05, 3.63) is 33.8 Å². The van der Waals surface area contributed by atoms with Gasteiger partial charge >= 0.3 is 5.97 Å². The predicted octanol–water partition coefficient (Wildman–Crippen LogP) is 3.28. The van der Waals surface area contributed by atoms with Crippen LogP contribution in [0.3, 0.4) is 0 Å². The minimum Gasteiger partial charge on any atom is -0.462 e. The van der Waals surface area contributed by atoms with Gasteiger partial charge in [0.2, 0.25) is 0 Å². The van der Waals surface area contributed by atoms with E-state index in [0.29, 0.717) is 27.0 Å². The highest BCUT2D eigenvalue weighted by atomic mass is 79.9. The van der Waals surface area contributed by atoms with E-state index in [2.05, 4.69) is 15.9 Å². The second-order valence-corrected chi connectivity index (χ2v) is 3.94. The zero-order chi connectivity index (χ0) is 12.1. The molecule has 5 heteroatoms. The molecule has 0 bridgehead atoms. The molecule has 0 saturated carbocycles. The molecule has 1 aromatic rings. The van der Waals surface area contributed by atoms with Crippen LogP contribution in [-0.4, -0.2) is 12.6 Å². The van der Waals surface area contributed by atoms with Crippen molar-refractivity contribution in [2.45, 2.75) is 12.3 Å². The average Bonchev–Trinajstić information content (AvgIpc) is 2.28. The molecule has 1 rings (SSSR count). The lowest BCUT2D eigenvalue weighted by molar-refractivity contribution is 0.0525. The maximum absolute atomic E-state index is 11.6. The minimum absolute atomic E-state index is 0.287. The van der Waals surface area contributed by atoms with Crippen molar-refractivity contribution in [2.75, 3.05) is 6.61 Å². The summed E-state index contributed by atoms with van der Waals surface area (Å²) in [4.78, 5) is 11.6. The van der Waals surface area contributed by atoms with E-state index in [0.717, 1.165) is 0 Å². The first-order chi connectivity index (χ1) is 7.63. The number of rotatable bonds is 3. The molecule has 0 radical (unpaired) electrons. The fourth-order valence-electron chi connectivity index (χ4n) is 1.27. The zero-order valence-corrected chi connectivity index (χ0v) is 10.9. The van der Waals surface area contributed by atoms with Crippen LogP contribution in [0.2, 0.25) is 5.02 Å². The number of hydrogen-bond donors (Lipinski definition) is 0. The molecule has 0 aliphatic rings. The summed E-state index contributed by atoms with van der Waals surface area (Å²) < 4.78 is 4.90. The molecular formula is C11H9BrClNO2. The van der Waals surface area contributed by atoms with Crippen LogP contribution in [0.5, 0.6) is 0 Å². The van der Waals surface area contributed by atoms with Crippen LogP contribution in [0.1, 0.15) is 28.4 Å². The lowest BCUT2D eigenvalue weighted by atomic mass is 10.0. The van der Waals surface area contributed by atoms with Gasteiger partial charge in [-0.05, 0) is 24.6 Å². The lowest BCUT2D eigenvalue weighted by Crippen LogP contribution is -2.09. The third-order valence-electron chi connectivity index (χ3n) is 1.96. The van der Waals surface area contributed by atoms with Crippen molar-refractivity contribution in [2.24, 2.45) is 0 Å². The topological polar surface area (TPSA) is 50.1 Å². The Bertz CT molecular complexity index is 454. The van der Waals surface area contributed by atoms with E-state index in [4.69, 9.17) is 21.6 Å². The smallest absolute Gasteiger partial charge is 0.338 e. The fraction of sp³-hybridized carbons (Fsp3) is 0.273. The van der Waals surface area contributed by atoms with Crippen LogP contribution in [0.4, 0.5) is 0 Å². The van der Waals surface area contributed by atoms with Gasteiger partial charge in [0, 0.05) is 10.4 Å². The number of hydrogen-bond acceptors (Lipinski definition) is 3. The minimum atomic E-state index is -0.462. The van der Waals surface area contributed by atoms with Crippen molar-refractivity contribution in [3.63, 3.8) is 0 Å². The number of carbonyl (C=O) groups excluding carboxylic acids is 1. The van der Waals surface area contributed by atoms with Gasteiger partial charge in [0.05, 0.1) is 23.8 Å². The maximum atomic E-state index is 11.6. The molecule has 0 fully saturated rings. The standard InChI is InChI=1S/C11H9BrClNO2/c1-2-16-11(15)9-4-8(13)3-7(6-14)10(9)5-12/h3-4H,2,5H2,1H3. The molecule has 84 valence electrons. The average molecular weight is 303 g/mol. The van der Waals surface area contributed by atoms with Gasteiger partial charge in [-0.2, -0.15) is 5.26 Å². The quantitative estimate of drug-likeness (QED) is 0.636. The van der Waals surface area contributed by atoms with Gasteiger partial charge in [0.25, 0.3) is 0 Å². The van der Waals surface area contributed by atoms with Crippen LogP contribution < -0.4 is 0 Å². The Kier molecular flexibility index (Phi) is 4.78. The molecule has 0 saturated heterocycles. The van der Waals surface area contributed by atoms with Gasteiger partial charge in [-0.3, -0.25) is 0 Å². The molecule has 0 spiro atoms. The summed E-state index contributed by atoms with van der Waals surface area (Å²) in [5, 5.41) is 9.68. The number of alkyl halides is 1. The SMILES string of the molecule is CCOC(=O)c1cc(Cl)cc(C#N)c1CBr. The van der Waals surface area contributed by atoms with Gasteiger partial charge in [0.15, 0.2) is 0 Å². The Labute approximate surface area is 107 Å². The zero-order valence-electron chi connectivity index (χ0n) is 8.59. The predicted molar refractivity (Wildman–Crippen MR) is 64.8 cm³/mol. The summed E-state index contributed by atoms with van der Waals surface area (Å²) in [5.74, 6) is -0.462. The highest BCUT2D eigenvalue weighted by Crippen LogP contribution is 2.23. The molecular weight excluding hydrogens is 293 g/mol. The number of nitrogens with zero attached hydrogens (tertiary/aromatic N) is 1. The molecule has 0 unspecified atom stereocenters. The van der Waals surface area contributed by atoms with Crippen LogP contribution >= 0.6 is 27.5 Å². The number of nitriles is 1. The first-order valence-corrected chi connectivity index (χ1v) is 6.09. The van der Waals surface area contributed by atoms with E-state index in [1.807, 2.05) is 6.07 Å². The molecule has 0 amide bonds. The Morgan fingerprint density at radius 2 is 2.31 bits per heavy atom. The highest BCUT2D eigenvalue weighted by Gasteiger charge is 2.16. The first-order valence-electron chi connectivity index (χ1n) is 4.59. The summed E-state index contributed by atoms with van der Waals surface area (Å²) in [6.07, 6.45) is 0. The fourth-order valence-corrected chi connectivity index (χ4v) is 2.09. The molecule has 0 N–H and O–H groups in total. The monoisotopic (exact) mass is 301 g/mol. The third-order valence-corrected chi connectivity index (χ3v) is 2.74. The van der Waals surface area contributed by atoms with Crippen molar-refractivity contribution in [1.82, 2.24) is 0 Å². The van der Waals surface area contributed by atoms with Crippen molar-refractivity contribution >= 4 is 33.5 Å². The summed E-state index contributed by atoms with van der Waals surface area (Å²) >= 11 is 9.07. The molecule has 16 heavy (non-hydrogen) atoms. The van der Waals surface area contributed by atoms with Crippen molar-refractivity contribution in [3.8, 4) is 6.07 Å². The van der Waals surface area contributed by atoms with Gasteiger partial charge in [-0.1, -0.05) is 27.5 Å². The Morgan fingerprint density at radius 1 is 1.62 bits per heavy atom. The van der Waals surface area contributed by atoms with E-state index in [9.17, 15) is 4.79 Å². The van der Waals surface area contributed by atoms with Crippen LogP contribution in [0.25, 0.3) is 0 Å². The molecule has 0 atom stereocenters. The second kappa shape index (κ2) is 5.88. The van der Waals surface area contributed by atoms with Gasteiger partial charge in [-0.15, -0.1) is 0 Å². The maximum Gasteiger partial charge on any atom is 0.338 e. The number of benzene rings is 1. The molecule has 0 heterocycles. The van der Waals surface area contributed by atoms with E-state index in [-0.39, 0.29) is 6.61 Å². The van der Waals surface area contributed by atoms with Gasteiger partial charge in [-0.25, -0.2) is 4.79 Å². The Morgan fingerprint density at radius 3 is 2.81 bits per heavy atom. The summed E-state index contributed by atoms with van der Waals surface area (Å²) in [7, 11) is 0. The van der Waals surface area contributed by atoms with E-state index >= 15 is 0 Å². The third kappa shape index (κ3) is 2.75. The summed E-state index contributed by atoms with van der Waals surface area (Å²) in [6.45, 7) is 2.01. The largest absolute Gasteiger partial charge is 0.462 e. The number of esters is 1. The summed E-state index contributed by atoms with van der Waals surface area (Å²) in [6, 6.07) is 5.04. The normalized spacial score (nSPS) is 9.62. The number of carbonyl (C=O) groups is 1. The van der Waals surface area contributed by atoms with Gasteiger partial charge < -0.3 is 4.74 Å². The van der Waals surface area contributed by atoms with Crippen LogP contribution in [0.15, 0.2) is 12.1 Å². The highest BCUT2D eigenvalue weighted by molar-refractivity contribution is 9.08. The molecule has 0 aromatic heterocycles. The van der Waals surface area contributed by atoms with E-state index in [1.165, 1.54) is 12.1 Å². The number of ether oxygens (including phenoxy) is 1. The molecule has 1 aromatic carbocycles. The molecule has 0 aliphatic heterocycles. The second-order valence-electron chi connectivity index (χ2n) is 2.95. The first kappa shape index (κ1) is 13.0. The van der Waals surface area contributed by atoms with Crippen molar-refractivity contribution < 1.29 is 9.53 Å². The van der Waals surface area contributed by atoms with Crippen LogP contribution in [-0.2, 0) is 10.1 Å². The number of halogens is 2. The molecule has 3 nitrogen and oxygen atoms in total. The molecule has 0 aliphatic carbocycles. The summed E-state index contributed by atoms with van der Waals surface area (Å²) in [5.41, 5.74) is 1.32. The van der Waals surface area contributed by atoms with Gasteiger partial charge in [0.1, 0.15) is 0 Å². The Balaban J connectivity index is 3.32. The van der Waals surface area contributed by atoms with E-state index < -0.39 is 5.97 Å². The lowest BCUT2D eigenvalue weighted by Gasteiger charge is -2.08. The van der Waals surface area contributed by atoms with Crippen molar-refractivity contribution in [1.29, 1.82) is 5.26 Å². The van der Waals surface area contributed by atoms with E-state index in [1.54, 1.807) is 6.92 Å². The Hall–Kier alpha value is -1.05.